The van der Waals surface area contributed by atoms with Crippen LogP contribution >= 0.6 is 0 Å². The number of aryl methyl sites for hydroxylation is 2. The summed E-state index contributed by atoms with van der Waals surface area (Å²) in [5.74, 6) is 2.59. The van der Waals surface area contributed by atoms with Gasteiger partial charge in [0.15, 0.2) is 5.96 Å². The number of nitrogens with one attached hydrogen (secondary N) is 2. The summed E-state index contributed by atoms with van der Waals surface area (Å²) in [6.45, 7) is 13.4. The van der Waals surface area contributed by atoms with Crippen LogP contribution in [0.3, 0.4) is 0 Å². The molecule has 1 aromatic rings. The molecule has 0 amide bonds. The van der Waals surface area contributed by atoms with E-state index in [1.165, 1.54) is 31.2 Å². The molecule has 0 spiro atoms. The Labute approximate surface area is 146 Å². The van der Waals surface area contributed by atoms with Crippen LogP contribution in [-0.4, -0.2) is 30.8 Å². The Morgan fingerprint density at radius 1 is 1.29 bits per heavy atom. The molecule has 0 bridgehead atoms. The van der Waals surface area contributed by atoms with Crippen molar-refractivity contribution in [1.82, 2.24) is 15.8 Å². The Morgan fingerprint density at radius 3 is 2.54 bits per heavy atom. The van der Waals surface area contributed by atoms with Crippen LogP contribution in [0.5, 0.6) is 0 Å². The molecule has 2 N–H and O–H groups in total. The molecule has 1 heterocycles. The molecule has 0 aromatic carbocycles. The van der Waals surface area contributed by atoms with Gasteiger partial charge in [0.25, 0.3) is 0 Å². The first-order valence-electron chi connectivity index (χ1n) is 9.40. The Balaban J connectivity index is 1.88. The maximum atomic E-state index is 5.23. The van der Waals surface area contributed by atoms with E-state index >= 15 is 0 Å². The Morgan fingerprint density at radius 2 is 2.04 bits per heavy atom. The molecular weight excluding hydrogens is 300 g/mol. The van der Waals surface area contributed by atoms with Gasteiger partial charge in [-0.25, -0.2) is 0 Å². The normalized spacial score (nSPS) is 17.0. The van der Waals surface area contributed by atoms with Crippen molar-refractivity contribution in [2.75, 3.05) is 19.6 Å². The van der Waals surface area contributed by atoms with E-state index in [1.54, 1.807) is 0 Å². The summed E-state index contributed by atoms with van der Waals surface area (Å²) in [6, 6.07) is 0. The van der Waals surface area contributed by atoms with Crippen LogP contribution in [0.4, 0.5) is 0 Å². The van der Waals surface area contributed by atoms with Crippen molar-refractivity contribution in [3.63, 3.8) is 0 Å². The molecule has 1 saturated carbocycles. The summed E-state index contributed by atoms with van der Waals surface area (Å²) < 4.78 is 5.23. The summed E-state index contributed by atoms with van der Waals surface area (Å²) in [7, 11) is 0. The van der Waals surface area contributed by atoms with Gasteiger partial charge in [-0.15, -0.1) is 0 Å². The second-order valence-corrected chi connectivity index (χ2v) is 7.63. The highest BCUT2D eigenvalue weighted by Crippen LogP contribution is 2.46. The van der Waals surface area contributed by atoms with Gasteiger partial charge in [-0.05, 0) is 57.8 Å². The predicted octanol–water partition coefficient (Wildman–Crippen LogP) is 3.61. The molecule has 0 aliphatic heterocycles. The summed E-state index contributed by atoms with van der Waals surface area (Å²) in [6.07, 6.45) is 6.20. The maximum absolute atomic E-state index is 5.23. The van der Waals surface area contributed by atoms with E-state index in [0.29, 0.717) is 5.41 Å². The average molecular weight is 335 g/mol. The van der Waals surface area contributed by atoms with Crippen LogP contribution in [0.15, 0.2) is 9.52 Å². The summed E-state index contributed by atoms with van der Waals surface area (Å²) >= 11 is 0. The third kappa shape index (κ3) is 4.99. The monoisotopic (exact) mass is 334 g/mol. The van der Waals surface area contributed by atoms with Gasteiger partial charge in [0.2, 0.25) is 0 Å². The van der Waals surface area contributed by atoms with Gasteiger partial charge in [-0.1, -0.05) is 25.4 Å². The highest BCUT2D eigenvalue weighted by Gasteiger charge is 2.37. The standard InChI is InChI=1S/C19H34N4O/c1-6-20-18(21-11-8-17-15(4)23-24-16(17)5)22-13-19(9-7-10-19)12-14(2)3/h14H,6-13H2,1-5H3,(H2,20,21,22). The molecule has 1 aliphatic carbocycles. The van der Waals surface area contributed by atoms with Crippen LogP contribution in [-0.2, 0) is 6.42 Å². The second-order valence-electron chi connectivity index (χ2n) is 7.63. The third-order valence-electron chi connectivity index (χ3n) is 5.02. The largest absolute Gasteiger partial charge is 0.361 e. The van der Waals surface area contributed by atoms with E-state index in [1.807, 2.05) is 13.8 Å². The average Bonchev–Trinajstić information content (AvgIpc) is 2.81. The van der Waals surface area contributed by atoms with Gasteiger partial charge in [-0.2, -0.15) is 0 Å². The lowest BCUT2D eigenvalue weighted by molar-refractivity contribution is 0.111. The van der Waals surface area contributed by atoms with E-state index in [4.69, 9.17) is 9.52 Å². The fourth-order valence-electron chi connectivity index (χ4n) is 3.72. The molecule has 0 radical (unpaired) electrons. The van der Waals surface area contributed by atoms with Gasteiger partial charge < -0.3 is 15.2 Å². The Hall–Kier alpha value is -1.52. The lowest BCUT2D eigenvalue weighted by Gasteiger charge is -2.42. The molecule has 0 atom stereocenters. The maximum Gasteiger partial charge on any atom is 0.191 e. The van der Waals surface area contributed by atoms with Crippen molar-refractivity contribution in [1.29, 1.82) is 0 Å². The van der Waals surface area contributed by atoms with E-state index in [0.717, 1.165) is 49.4 Å². The minimum absolute atomic E-state index is 0.443. The Bertz CT molecular complexity index is 524. The van der Waals surface area contributed by atoms with Crippen molar-refractivity contribution in [2.45, 2.75) is 66.7 Å². The van der Waals surface area contributed by atoms with E-state index in [9.17, 15) is 0 Å². The lowest BCUT2D eigenvalue weighted by Crippen LogP contribution is -2.41. The predicted molar refractivity (Wildman–Crippen MR) is 99.4 cm³/mol. The second kappa shape index (κ2) is 8.54. The molecule has 0 saturated heterocycles. The molecule has 0 unspecified atom stereocenters. The number of aliphatic imine (C=N–C) groups is 1. The molecule has 136 valence electrons. The number of guanidine groups is 1. The smallest absolute Gasteiger partial charge is 0.191 e. The molecule has 1 aliphatic rings. The van der Waals surface area contributed by atoms with Gasteiger partial charge in [-0.3, -0.25) is 4.99 Å². The number of aromatic nitrogens is 1. The van der Waals surface area contributed by atoms with E-state index < -0.39 is 0 Å². The topological polar surface area (TPSA) is 62.5 Å². The van der Waals surface area contributed by atoms with Crippen LogP contribution in [0.25, 0.3) is 0 Å². The molecule has 1 fully saturated rings. The highest BCUT2D eigenvalue weighted by atomic mass is 16.5. The molecular formula is C19H34N4O. The Kier molecular flexibility index (Phi) is 6.69. The summed E-state index contributed by atoms with van der Waals surface area (Å²) in [5, 5.41) is 10.8. The number of nitrogens with zero attached hydrogens (tertiary/aromatic N) is 2. The molecule has 1 aromatic heterocycles. The quantitative estimate of drug-likeness (QED) is 0.563. The van der Waals surface area contributed by atoms with Crippen LogP contribution in [0.2, 0.25) is 0 Å². The zero-order chi connectivity index (χ0) is 17.6. The van der Waals surface area contributed by atoms with Crippen molar-refractivity contribution in [3.8, 4) is 0 Å². The highest BCUT2D eigenvalue weighted by molar-refractivity contribution is 5.79. The number of hydrogen-bond acceptors (Lipinski definition) is 3. The zero-order valence-corrected chi connectivity index (χ0v) is 16.0. The molecule has 5 heteroatoms. The van der Waals surface area contributed by atoms with Gasteiger partial charge in [0.1, 0.15) is 5.76 Å². The van der Waals surface area contributed by atoms with Crippen molar-refractivity contribution < 1.29 is 4.52 Å². The number of rotatable bonds is 8. The van der Waals surface area contributed by atoms with Gasteiger partial charge >= 0.3 is 0 Å². The number of hydrogen-bond donors (Lipinski definition) is 2. The van der Waals surface area contributed by atoms with Crippen LogP contribution in [0, 0.1) is 25.2 Å². The third-order valence-corrected chi connectivity index (χ3v) is 5.02. The SMILES string of the molecule is CCNC(=NCC1(CC(C)C)CCC1)NCCc1c(C)noc1C. The zero-order valence-electron chi connectivity index (χ0n) is 16.0. The fourth-order valence-corrected chi connectivity index (χ4v) is 3.72. The van der Waals surface area contributed by atoms with Crippen LogP contribution in [0.1, 0.15) is 63.5 Å². The minimum Gasteiger partial charge on any atom is -0.361 e. The summed E-state index contributed by atoms with van der Waals surface area (Å²) in [5.41, 5.74) is 2.63. The van der Waals surface area contributed by atoms with Crippen LogP contribution < -0.4 is 10.6 Å². The minimum atomic E-state index is 0.443. The fraction of sp³-hybridized carbons (Fsp3) is 0.789. The first-order chi connectivity index (χ1) is 11.5. The first kappa shape index (κ1) is 18.8. The van der Waals surface area contributed by atoms with Gasteiger partial charge in [0, 0.05) is 25.2 Å². The van der Waals surface area contributed by atoms with Crippen molar-refractivity contribution in [2.24, 2.45) is 16.3 Å². The molecule has 2 rings (SSSR count). The first-order valence-corrected chi connectivity index (χ1v) is 9.40. The van der Waals surface area contributed by atoms with E-state index in [-0.39, 0.29) is 0 Å². The van der Waals surface area contributed by atoms with Gasteiger partial charge in [0.05, 0.1) is 5.69 Å². The molecule has 24 heavy (non-hydrogen) atoms. The lowest BCUT2D eigenvalue weighted by atomic mass is 9.64. The molecule has 5 nitrogen and oxygen atoms in total. The van der Waals surface area contributed by atoms with Crippen molar-refractivity contribution >= 4 is 5.96 Å². The van der Waals surface area contributed by atoms with Crippen molar-refractivity contribution in [3.05, 3.63) is 17.0 Å². The summed E-state index contributed by atoms with van der Waals surface area (Å²) in [4.78, 5) is 4.88. The van der Waals surface area contributed by atoms with E-state index in [2.05, 4.69) is 36.6 Å².